The van der Waals surface area contributed by atoms with Gasteiger partial charge in [-0.05, 0) is 31.5 Å². The van der Waals surface area contributed by atoms with Crippen molar-refractivity contribution in [3.63, 3.8) is 0 Å². The van der Waals surface area contributed by atoms with Gasteiger partial charge >= 0.3 is 0 Å². The van der Waals surface area contributed by atoms with E-state index in [0.29, 0.717) is 11.3 Å². The molecule has 0 bridgehead atoms. The van der Waals surface area contributed by atoms with Crippen LogP contribution in [0.15, 0.2) is 24.3 Å². The summed E-state index contributed by atoms with van der Waals surface area (Å²) in [7, 11) is 0. The van der Waals surface area contributed by atoms with Crippen molar-refractivity contribution in [2.75, 3.05) is 5.73 Å². The van der Waals surface area contributed by atoms with Crippen LogP contribution in [0.3, 0.4) is 0 Å². The minimum atomic E-state index is -1.27. The number of hydrogen-bond acceptors (Lipinski definition) is 1. The monoisotopic (exact) mass is 153 g/mol. The highest BCUT2D eigenvalue weighted by Gasteiger charge is 2.17. The first-order valence-corrected chi connectivity index (χ1v) is 3.55. The Balaban J connectivity index is 2.99. The van der Waals surface area contributed by atoms with E-state index in [2.05, 4.69) is 0 Å². The fraction of sp³-hybridized carbons (Fsp3) is 0.333. The van der Waals surface area contributed by atoms with E-state index in [-0.39, 0.29) is 0 Å². The molecule has 0 saturated heterocycles. The fourth-order valence-electron chi connectivity index (χ4n) is 0.879. The first-order valence-electron chi connectivity index (χ1n) is 3.55. The van der Waals surface area contributed by atoms with Crippen molar-refractivity contribution in [1.82, 2.24) is 0 Å². The SMILES string of the molecule is CC(C)(F)c1ccc(N)cc1. The predicted octanol–water partition coefficient (Wildman–Crippen LogP) is 2.47. The predicted molar refractivity (Wildman–Crippen MR) is 45.0 cm³/mol. The van der Waals surface area contributed by atoms with Crippen molar-refractivity contribution in [3.05, 3.63) is 29.8 Å². The van der Waals surface area contributed by atoms with Crippen LogP contribution in [0.25, 0.3) is 0 Å². The van der Waals surface area contributed by atoms with Crippen LogP contribution in [0.4, 0.5) is 10.1 Å². The standard InChI is InChI=1S/C9H12FN/c1-9(2,10)7-3-5-8(11)6-4-7/h3-6H,11H2,1-2H3. The Hall–Kier alpha value is -1.05. The van der Waals surface area contributed by atoms with Gasteiger partial charge < -0.3 is 5.73 Å². The van der Waals surface area contributed by atoms with E-state index in [0.717, 1.165) is 0 Å². The summed E-state index contributed by atoms with van der Waals surface area (Å²) in [5, 5.41) is 0. The summed E-state index contributed by atoms with van der Waals surface area (Å²) in [6.07, 6.45) is 0. The molecule has 60 valence electrons. The molecule has 0 heterocycles. The third-order valence-corrected chi connectivity index (χ3v) is 1.60. The third-order valence-electron chi connectivity index (χ3n) is 1.60. The average molecular weight is 153 g/mol. The van der Waals surface area contributed by atoms with Crippen LogP contribution >= 0.6 is 0 Å². The summed E-state index contributed by atoms with van der Waals surface area (Å²) in [6, 6.07) is 6.82. The van der Waals surface area contributed by atoms with Crippen molar-refractivity contribution in [1.29, 1.82) is 0 Å². The number of hydrogen-bond donors (Lipinski definition) is 1. The van der Waals surface area contributed by atoms with Crippen LogP contribution in [0, 0.1) is 0 Å². The molecule has 0 saturated carbocycles. The molecule has 0 radical (unpaired) electrons. The van der Waals surface area contributed by atoms with Crippen LogP contribution < -0.4 is 5.73 Å². The van der Waals surface area contributed by atoms with Crippen LogP contribution in [-0.4, -0.2) is 0 Å². The van der Waals surface area contributed by atoms with Crippen molar-refractivity contribution >= 4 is 5.69 Å². The van der Waals surface area contributed by atoms with Gasteiger partial charge in [-0.2, -0.15) is 0 Å². The summed E-state index contributed by atoms with van der Waals surface area (Å²) in [4.78, 5) is 0. The van der Waals surface area contributed by atoms with Gasteiger partial charge in [0.05, 0.1) is 0 Å². The fourth-order valence-corrected chi connectivity index (χ4v) is 0.879. The Labute approximate surface area is 66.0 Å². The van der Waals surface area contributed by atoms with Crippen LogP contribution in [0.2, 0.25) is 0 Å². The summed E-state index contributed by atoms with van der Waals surface area (Å²) in [5.41, 5.74) is 5.50. The van der Waals surface area contributed by atoms with E-state index in [1.54, 1.807) is 24.3 Å². The number of benzene rings is 1. The first kappa shape index (κ1) is 8.05. The van der Waals surface area contributed by atoms with Gasteiger partial charge in [0.25, 0.3) is 0 Å². The highest BCUT2D eigenvalue weighted by Crippen LogP contribution is 2.24. The van der Waals surface area contributed by atoms with E-state index in [1.807, 2.05) is 0 Å². The molecule has 2 heteroatoms. The molecule has 0 unspecified atom stereocenters. The number of nitrogens with two attached hydrogens (primary N) is 1. The summed E-state index contributed by atoms with van der Waals surface area (Å²) < 4.78 is 13.2. The molecule has 0 aliphatic heterocycles. The molecule has 0 fully saturated rings. The number of halogens is 1. The molecule has 1 nitrogen and oxygen atoms in total. The molecule has 0 spiro atoms. The molecule has 0 atom stereocenters. The van der Waals surface area contributed by atoms with Gasteiger partial charge in [0.15, 0.2) is 0 Å². The second kappa shape index (κ2) is 2.53. The zero-order valence-corrected chi connectivity index (χ0v) is 6.76. The lowest BCUT2D eigenvalue weighted by molar-refractivity contribution is 0.221. The van der Waals surface area contributed by atoms with Crippen molar-refractivity contribution in [2.45, 2.75) is 19.5 Å². The zero-order chi connectivity index (χ0) is 8.48. The molecular weight excluding hydrogens is 141 g/mol. The molecule has 1 aromatic carbocycles. The lowest BCUT2D eigenvalue weighted by Gasteiger charge is -2.13. The second-order valence-corrected chi connectivity index (χ2v) is 3.09. The lowest BCUT2D eigenvalue weighted by Crippen LogP contribution is -2.08. The lowest BCUT2D eigenvalue weighted by atomic mass is 10.0. The molecule has 1 rings (SSSR count). The second-order valence-electron chi connectivity index (χ2n) is 3.09. The van der Waals surface area contributed by atoms with Crippen LogP contribution in [0.1, 0.15) is 19.4 Å². The normalized spacial score (nSPS) is 11.5. The third kappa shape index (κ3) is 1.93. The highest BCUT2D eigenvalue weighted by molar-refractivity contribution is 5.40. The largest absolute Gasteiger partial charge is 0.399 e. The maximum absolute atomic E-state index is 13.2. The minimum absolute atomic E-state index is 0.659. The zero-order valence-electron chi connectivity index (χ0n) is 6.76. The van der Waals surface area contributed by atoms with Crippen LogP contribution in [-0.2, 0) is 5.67 Å². The van der Waals surface area contributed by atoms with Gasteiger partial charge in [-0.15, -0.1) is 0 Å². The van der Waals surface area contributed by atoms with Crippen molar-refractivity contribution in [2.24, 2.45) is 0 Å². The Morgan fingerprint density at radius 1 is 1.18 bits per heavy atom. The quantitative estimate of drug-likeness (QED) is 0.616. The first-order chi connectivity index (χ1) is 5.00. The molecule has 0 aliphatic rings. The number of alkyl halides is 1. The smallest absolute Gasteiger partial charge is 0.130 e. The number of nitrogen functional groups attached to an aromatic ring is 1. The maximum atomic E-state index is 13.2. The topological polar surface area (TPSA) is 26.0 Å². The molecule has 0 aliphatic carbocycles. The Morgan fingerprint density at radius 3 is 2.00 bits per heavy atom. The van der Waals surface area contributed by atoms with Gasteiger partial charge in [0.2, 0.25) is 0 Å². The summed E-state index contributed by atoms with van der Waals surface area (Å²) in [6.45, 7) is 3.05. The van der Waals surface area contributed by atoms with Gasteiger partial charge in [-0.1, -0.05) is 12.1 Å². The van der Waals surface area contributed by atoms with E-state index in [4.69, 9.17) is 5.73 Å². The average Bonchev–Trinajstić information content (AvgIpc) is 1.86. The van der Waals surface area contributed by atoms with E-state index in [1.165, 1.54) is 13.8 Å². The molecule has 0 aromatic heterocycles. The van der Waals surface area contributed by atoms with E-state index in [9.17, 15) is 4.39 Å². The molecule has 2 N–H and O–H groups in total. The highest BCUT2D eigenvalue weighted by atomic mass is 19.1. The van der Waals surface area contributed by atoms with E-state index < -0.39 is 5.67 Å². The van der Waals surface area contributed by atoms with Gasteiger partial charge in [-0.3, -0.25) is 0 Å². The summed E-state index contributed by atoms with van der Waals surface area (Å²) in [5.74, 6) is 0. The Bertz CT molecular complexity index is 233. The summed E-state index contributed by atoms with van der Waals surface area (Å²) >= 11 is 0. The molecule has 1 aromatic rings. The van der Waals surface area contributed by atoms with Gasteiger partial charge in [0.1, 0.15) is 5.67 Å². The van der Waals surface area contributed by atoms with E-state index >= 15 is 0 Å². The molecular formula is C9H12FN. The van der Waals surface area contributed by atoms with Gasteiger partial charge in [0, 0.05) is 5.69 Å². The van der Waals surface area contributed by atoms with Crippen molar-refractivity contribution < 1.29 is 4.39 Å². The minimum Gasteiger partial charge on any atom is -0.399 e. The van der Waals surface area contributed by atoms with Crippen molar-refractivity contribution in [3.8, 4) is 0 Å². The Kier molecular flexibility index (Phi) is 1.85. The number of rotatable bonds is 1. The molecule has 0 amide bonds. The maximum Gasteiger partial charge on any atom is 0.130 e. The molecule has 11 heavy (non-hydrogen) atoms. The van der Waals surface area contributed by atoms with Gasteiger partial charge in [-0.25, -0.2) is 4.39 Å². The Morgan fingerprint density at radius 2 is 1.64 bits per heavy atom. The van der Waals surface area contributed by atoms with Crippen LogP contribution in [0.5, 0.6) is 0 Å². The number of anilines is 1.